The van der Waals surface area contributed by atoms with Gasteiger partial charge in [0.2, 0.25) is 0 Å². The third-order valence-corrected chi connectivity index (χ3v) is 7.48. The van der Waals surface area contributed by atoms with Crippen molar-refractivity contribution < 1.29 is 22.4 Å². The number of hydrogen-bond donors (Lipinski definition) is 0. The van der Waals surface area contributed by atoms with E-state index in [1.807, 2.05) is 0 Å². The van der Waals surface area contributed by atoms with Crippen LogP contribution in [0.4, 0.5) is 0 Å². The summed E-state index contributed by atoms with van der Waals surface area (Å²) in [6, 6.07) is 0. The van der Waals surface area contributed by atoms with Gasteiger partial charge >= 0.3 is 9.05 Å². The van der Waals surface area contributed by atoms with Gasteiger partial charge in [0.25, 0.3) is 0 Å². The van der Waals surface area contributed by atoms with Gasteiger partial charge in [0.1, 0.15) is 0 Å². The fraction of sp³-hybridized carbons (Fsp3) is 1.00. The Bertz CT molecular complexity index is 342. The largest absolute Gasteiger partial charge is 0.679 e. The van der Waals surface area contributed by atoms with Crippen LogP contribution in [0.15, 0.2) is 0 Å². The second kappa shape index (κ2) is 12.5. The van der Waals surface area contributed by atoms with Crippen LogP contribution in [0.3, 0.4) is 0 Å². The van der Waals surface area contributed by atoms with E-state index in [2.05, 4.69) is 20.8 Å². The van der Waals surface area contributed by atoms with Crippen LogP contribution in [-0.2, 0) is 22.4 Å². The van der Waals surface area contributed by atoms with Gasteiger partial charge in [-0.2, -0.15) is 0 Å². The molecule has 1 aliphatic heterocycles. The van der Waals surface area contributed by atoms with Crippen LogP contribution in [0.5, 0.6) is 0 Å². The number of rotatable bonds is 16. The van der Waals surface area contributed by atoms with Crippen molar-refractivity contribution in [3.63, 3.8) is 0 Å². The van der Waals surface area contributed by atoms with E-state index in [9.17, 15) is 0 Å². The molecule has 6 heteroatoms. The van der Waals surface area contributed by atoms with E-state index in [-0.39, 0.29) is 0 Å². The van der Waals surface area contributed by atoms with Gasteiger partial charge in [-0.05, 0) is 50.9 Å². The molecule has 0 aromatic rings. The highest BCUT2D eigenvalue weighted by Crippen LogP contribution is 2.40. The fourth-order valence-corrected chi connectivity index (χ4v) is 5.42. The van der Waals surface area contributed by atoms with Crippen LogP contribution in [-0.4, -0.2) is 47.7 Å². The topological polar surface area (TPSA) is 49.5 Å². The average molecular weight is 389 g/mol. The van der Waals surface area contributed by atoms with Gasteiger partial charge in [0.15, 0.2) is 0 Å². The standard InChI is InChI=1S/C20H40O5Si/c1-4-7-13-21-26(22-14-8-5-2,23-15-9-6-3)24-16-12-18-10-11-19-20(17-18)25-19/h18-20H,4-17H2,1-3H3. The van der Waals surface area contributed by atoms with E-state index in [0.717, 1.165) is 44.9 Å². The van der Waals surface area contributed by atoms with Gasteiger partial charge in [-0.25, -0.2) is 0 Å². The second-order valence-electron chi connectivity index (χ2n) is 7.64. The Labute approximate surface area is 161 Å². The molecule has 0 aromatic heterocycles. The van der Waals surface area contributed by atoms with E-state index in [1.165, 1.54) is 19.3 Å². The van der Waals surface area contributed by atoms with Gasteiger partial charge in [-0.1, -0.05) is 40.0 Å². The number of fused-ring (bicyclic) bond motifs is 1. The van der Waals surface area contributed by atoms with Gasteiger partial charge < -0.3 is 22.4 Å². The van der Waals surface area contributed by atoms with Crippen molar-refractivity contribution in [2.24, 2.45) is 5.92 Å². The number of hydrogen-bond acceptors (Lipinski definition) is 5. The highest BCUT2D eigenvalue weighted by Gasteiger charge is 2.47. The molecule has 0 bridgehead atoms. The zero-order chi connectivity index (χ0) is 18.7. The van der Waals surface area contributed by atoms with E-state index in [4.69, 9.17) is 22.4 Å². The number of ether oxygens (including phenoxy) is 1. The number of epoxide rings is 1. The summed E-state index contributed by atoms with van der Waals surface area (Å²) in [5, 5.41) is 0. The van der Waals surface area contributed by atoms with Crippen LogP contribution < -0.4 is 0 Å². The van der Waals surface area contributed by atoms with E-state index in [0.29, 0.717) is 44.6 Å². The molecule has 3 atom stereocenters. The fourth-order valence-electron chi connectivity index (χ4n) is 3.37. The van der Waals surface area contributed by atoms with E-state index < -0.39 is 9.05 Å². The maximum atomic E-state index is 6.25. The Morgan fingerprint density at radius 1 is 0.731 bits per heavy atom. The molecule has 1 aliphatic carbocycles. The molecule has 26 heavy (non-hydrogen) atoms. The summed E-state index contributed by atoms with van der Waals surface area (Å²) in [5.41, 5.74) is 0. The molecule has 0 aromatic carbocycles. The lowest BCUT2D eigenvalue weighted by Crippen LogP contribution is -2.50. The smallest absolute Gasteiger partial charge is 0.370 e. The molecular formula is C20H40O5Si. The first kappa shape index (κ1) is 22.3. The van der Waals surface area contributed by atoms with Crippen molar-refractivity contribution in [1.82, 2.24) is 0 Å². The minimum absolute atomic E-state index is 0.526. The maximum Gasteiger partial charge on any atom is 0.679 e. The molecule has 0 radical (unpaired) electrons. The van der Waals surface area contributed by atoms with Crippen LogP contribution in [0.1, 0.15) is 85.0 Å². The minimum Gasteiger partial charge on any atom is -0.370 e. The normalized spacial score (nSPS) is 25.3. The molecule has 2 fully saturated rings. The molecule has 1 heterocycles. The molecule has 0 spiro atoms. The molecule has 2 aliphatic rings. The third kappa shape index (κ3) is 7.95. The number of unbranched alkanes of at least 4 members (excludes halogenated alkanes) is 3. The van der Waals surface area contributed by atoms with Crippen molar-refractivity contribution in [2.45, 2.75) is 97.2 Å². The molecule has 0 N–H and O–H groups in total. The van der Waals surface area contributed by atoms with Gasteiger partial charge in [0, 0.05) is 26.4 Å². The molecule has 154 valence electrons. The third-order valence-electron chi connectivity index (χ3n) is 5.25. The zero-order valence-electron chi connectivity index (χ0n) is 17.2. The summed E-state index contributed by atoms with van der Waals surface area (Å²) in [7, 11) is -3.03. The summed E-state index contributed by atoms with van der Waals surface area (Å²) >= 11 is 0. The van der Waals surface area contributed by atoms with Crippen LogP contribution in [0.2, 0.25) is 0 Å². The van der Waals surface area contributed by atoms with Gasteiger partial charge in [-0.3, -0.25) is 0 Å². The summed E-state index contributed by atoms with van der Waals surface area (Å²) in [4.78, 5) is 0. The van der Waals surface area contributed by atoms with E-state index in [1.54, 1.807) is 0 Å². The molecule has 1 saturated heterocycles. The Kier molecular flexibility index (Phi) is 10.7. The monoisotopic (exact) mass is 388 g/mol. The quantitative estimate of drug-likeness (QED) is 0.215. The first-order valence-corrected chi connectivity index (χ1v) is 12.6. The molecular weight excluding hydrogens is 348 g/mol. The second-order valence-corrected chi connectivity index (χ2v) is 9.79. The first-order valence-electron chi connectivity index (χ1n) is 10.9. The Hall–Kier alpha value is 0.0169. The minimum atomic E-state index is -3.03. The SMILES string of the molecule is CCCCO[Si](OCCCC)(OCCCC)OCCC1CCC2OC2C1. The Morgan fingerprint density at radius 2 is 1.27 bits per heavy atom. The van der Waals surface area contributed by atoms with Gasteiger partial charge in [0.05, 0.1) is 12.2 Å². The zero-order valence-corrected chi connectivity index (χ0v) is 18.2. The van der Waals surface area contributed by atoms with Crippen molar-refractivity contribution in [2.75, 3.05) is 26.4 Å². The molecule has 2 rings (SSSR count). The van der Waals surface area contributed by atoms with E-state index >= 15 is 0 Å². The summed E-state index contributed by atoms with van der Waals surface area (Å²) in [5.74, 6) is 0.701. The summed E-state index contributed by atoms with van der Waals surface area (Å²) in [6.07, 6.45) is 12.1. The lowest BCUT2D eigenvalue weighted by molar-refractivity contribution is -0.0387. The van der Waals surface area contributed by atoms with Gasteiger partial charge in [-0.15, -0.1) is 0 Å². The predicted molar refractivity (Wildman–Crippen MR) is 105 cm³/mol. The highest BCUT2D eigenvalue weighted by atomic mass is 28.4. The van der Waals surface area contributed by atoms with Crippen LogP contribution >= 0.6 is 0 Å². The average Bonchev–Trinajstić information content (AvgIpc) is 3.41. The van der Waals surface area contributed by atoms with Crippen molar-refractivity contribution in [3.8, 4) is 0 Å². The lowest BCUT2D eigenvalue weighted by Gasteiger charge is -2.29. The Morgan fingerprint density at radius 3 is 1.77 bits per heavy atom. The highest BCUT2D eigenvalue weighted by molar-refractivity contribution is 6.53. The Balaban J connectivity index is 1.83. The van der Waals surface area contributed by atoms with Crippen molar-refractivity contribution >= 4 is 9.05 Å². The molecule has 1 saturated carbocycles. The van der Waals surface area contributed by atoms with Crippen molar-refractivity contribution in [3.05, 3.63) is 0 Å². The summed E-state index contributed by atoms with van der Waals surface area (Å²) < 4.78 is 30.3. The van der Waals surface area contributed by atoms with Crippen LogP contribution in [0.25, 0.3) is 0 Å². The molecule has 0 amide bonds. The maximum absolute atomic E-state index is 6.25. The lowest BCUT2D eigenvalue weighted by atomic mass is 9.87. The molecule has 5 nitrogen and oxygen atoms in total. The first-order chi connectivity index (χ1) is 12.7. The predicted octanol–water partition coefficient (Wildman–Crippen LogP) is 4.85. The van der Waals surface area contributed by atoms with Crippen LogP contribution in [0, 0.1) is 5.92 Å². The van der Waals surface area contributed by atoms with Crippen molar-refractivity contribution in [1.29, 1.82) is 0 Å². The summed E-state index contributed by atoms with van der Waals surface area (Å²) in [6.45, 7) is 9.13. The molecule has 3 unspecified atom stereocenters.